The molecule has 4 N–H and O–H groups in total. The normalized spacial score (nSPS) is 9.75. The standard InChI is InChI=1S/C9H13BN4O2/c1-6-8(4-11)2-7(5-13-14-12)3-9(6)10(15)16/h2-3,15-16H,4-5,11H2,1H3. The highest BCUT2D eigenvalue weighted by molar-refractivity contribution is 6.59. The average molecular weight is 220 g/mol. The summed E-state index contributed by atoms with van der Waals surface area (Å²) in [6.07, 6.45) is 0. The average Bonchev–Trinajstić information content (AvgIpc) is 2.27. The molecular weight excluding hydrogens is 207 g/mol. The van der Waals surface area contributed by atoms with Crippen molar-refractivity contribution in [2.24, 2.45) is 10.8 Å². The van der Waals surface area contributed by atoms with Crippen LogP contribution in [0.2, 0.25) is 0 Å². The summed E-state index contributed by atoms with van der Waals surface area (Å²) in [5.41, 5.74) is 16.4. The van der Waals surface area contributed by atoms with E-state index in [-0.39, 0.29) is 6.54 Å². The molecule has 0 fully saturated rings. The van der Waals surface area contributed by atoms with Gasteiger partial charge in [-0.3, -0.25) is 0 Å². The third kappa shape index (κ3) is 2.74. The number of rotatable bonds is 4. The second-order valence-corrected chi connectivity index (χ2v) is 3.44. The van der Waals surface area contributed by atoms with Crippen LogP contribution in [0.3, 0.4) is 0 Å². The van der Waals surface area contributed by atoms with Crippen molar-refractivity contribution in [2.45, 2.75) is 20.0 Å². The van der Waals surface area contributed by atoms with Crippen molar-refractivity contribution < 1.29 is 10.0 Å². The molecule has 0 unspecified atom stereocenters. The highest BCUT2D eigenvalue weighted by Gasteiger charge is 2.16. The fraction of sp³-hybridized carbons (Fsp3) is 0.333. The van der Waals surface area contributed by atoms with Gasteiger partial charge in [-0.25, -0.2) is 0 Å². The highest BCUT2D eigenvalue weighted by Crippen LogP contribution is 2.10. The monoisotopic (exact) mass is 220 g/mol. The van der Waals surface area contributed by atoms with Gasteiger partial charge in [-0.05, 0) is 34.6 Å². The first-order chi connectivity index (χ1) is 7.60. The van der Waals surface area contributed by atoms with Gasteiger partial charge in [0.2, 0.25) is 0 Å². The van der Waals surface area contributed by atoms with Gasteiger partial charge in [-0.2, -0.15) is 0 Å². The lowest BCUT2D eigenvalue weighted by Gasteiger charge is -2.12. The van der Waals surface area contributed by atoms with Gasteiger partial charge >= 0.3 is 7.12 Å². The van der Waals surface area contributed by atoms with Gasteiger partial charge in [-0.15, -0.1) is 0 Å². The minimum absolute atomic E-state index is 0.170. The van der Waals surface area contributed by atoms with Crippen molar-refractivity contribution in [1.82, 2.24) is 0 Å². The van der Waals surface area contributed by atoms with Crippen LogP contribution in [0, 0.1) is 6.92 Å². The predicted octanol–water partition coefficient (Wildman–Crippen LogP) is -0.0562. The molecular formula is C9H13BN4O2. The molecule has 1 aromatic rings. The van der Waals surface area contributed by atoms with E-state index in [1.54, 1.807) is 19.1 Å². The third-order valence-corrected chi connectivity index (χ3v) is 2.43. The molecule has 0 heterocycles. The molecule has 0 aliphatic rings. The lowest BCUT2D eigenvalue weighted by molar-refractivity contribution is 0.425. The van der Waals surface area contributed by atoms with Crippen LogP contribution < -0.4 is 11.2 Å². The maximum absolute atomic E-state index is 9.19. The third-order valence-electron chi connectivity index (χ3n) is 2.43. The van der Waals surface area contributed by atoms with E-state index in [0.29, 0.717) is 17.6 Å². The molecule has 1 aromatic carbocycles. The molecule has 84 valence electrons. The molecule has 0 aliphatic carbocycles. The van der Waals surface area contributed by atoms with Gasteiger partial charge in [0.25, 0.3) is 0 Å². The molecule has 0 aliphatic heterocycles. The molecule has 0 saturated heterocycles. The largest absolute Gasteiger partial charge is 0.488 e. The maximum atomic E-state index is 9.19. The first-order valence-electron chi connectivity index (χ1n) is 4.79. The Morgan fingerprint density at radius 2 is 2.19 bits per heavy atom. The summed E-state index contributed by atoms with van der Waals surface area (Å²) in [6.45, 7) is 2.24. The molecule has 16 heavy (non-hydrogen) atoms. The summed E-state index contributed by atoms with van der Waals surface area (Å²) in [5.74, 6) is 0. The summed E-state index contributed by atoms with van der Waals surface area (Å²) in [6, 6.07) is 3.41. The van der Waals surface area contributed by atoms with E-state index < -0.39 is 7.12 Å². The molecule has 0 aromatic heterocycles. The maximum Gasteiger partial charge on any atom is 0.488 e. The number of hydrogen-bond acceptors (Lipinski definition) is 4. The van der Waals surface area contributed by atoms with Crippen molar-refractivity contribution in [2.75, 3.05) is 0 Å². The van der Waals surface area contributed by atoms with Gasteiger partial charge in [0.15, 0.2) is 0 Å². The summed E-state index contributed by atoms with van der Waals surface area (Å²) in [7, 11) is -1.55. The molecule has 0 radical (unpaired) electrons. The smallest absolute Gasteiger partial charge is 0.423 e. The highest BCUT2D eigenvalue weighted by atomic mass is 16.4. The van der Waals surface area contributed by atoms with Gasteiger partial charge < -0.3 is 15.8 Å². The Morgan fingerprint density at radius 3 is 2.69 bits per heavy atom. The lowest BCUT2D eigenvalue weighted by Crippen LogP contribution is -2.33. The summed E-state index contributed by atoms with van der Waals surface area (Å²) >= 11 is 0. The van der Waals surface area contributed by atoms with E-state index in [0.717, 1.165) is 11.1 Å². The van der Waals surface area contributed by atoms with E-state index in [2.05, 4.69) is 10.0 Å². The fourth-order valence-electron chi connectivity index (χ4n) is 1.55. The van der Waals surface area contributed by atoms with Gasteiger partial charge in [0, 0.05) is 11.5 Å². The van der Waals surface area contributed by atoms with E-state index >= 15 is 0 Å². The molecule has 0 saturated carbocycles. The van der Waals surface area contributed by atoms with Crippen LogP contribution in [0.1, 0.15) is 16.7 Å². The number of benzene rings is 1. The quantitative estimate of drug-likeness (QED) is 0.285. The minimum atomic E-state index is -1.55. The summed E-state index contributed by atoms with van der Waals surface area (Å²) in [5, 5.41) is 21.8. The SMILES string of the molecule is Cc1c(CN)cc(CN=[N+]=[N-])cc1B(O)O. The first-order valence-corrected chi connectivity index (χ1v) is 4.79. The van der Waals surface area contributed by atoms with Crippen molar-refractivity contribution in [3.05, 3.63) is 39.3 Å². The first kappa shape index (κ1) is 12.5. The summed E-state index contributed by atoms with van der Waals surface area (Å²) in [4.78, 5) is 2.65. The van der Waals surface area contributed by atoms with Crippen LogP contribution in [0.15, 0.2) is 17.2 Å². The Labute approximate surface area is 93.5 Å². The van der Waals surface area contributed by atoms with E-state index in [4.69, 9.17) is 11.3 Å². The molecule has 0 atom stereocenters. The van der Waals surface area contributed by atoms with E-state index in [9.17, 15) is 10.0 Å². The van der Waals surface area contributed by atoms with Crippen molar-refractivity contribution in [3.63, 3.8) is 0 Å². The van der Waals surface area contributed by atoms with E-state index in [1.807, 2.05) is 0 Å². The van der Waals surface area contributed by atoms with Crippen LogP contribution in [0.25, 0.3) is 10.4 Å². The number of azide groups is 1. The van der Waals surface area contributed by atoms with Crippen LogP contribution >= 0.6 is 0 Å². The molecule has 0 spiro atoms. The molecule has 6 nitrogen and oxygen atoms in total. The topological polar surface area (TPSA) is 115 Å². The van der Waals surface area contributed by atoms with Gasteiger partial charge in [-0.1, -0.05) is 17.2 Å². The van der Waals surface area contributed by atoms with Crippen LogP contribution in [-0.2, 0) is 13.1 Å². The lowest BCUT2D eigenvalue weighted by atomic mass is 9.75. The van der Waals surface area contributed by atoms with Crippen LogP contribution in [-0.4, -0.2) is 17.2 Å². The molecule has 0 amide bonds. The second-order valence-electron chi connectivity index (χ2n) is 3.44. The van der Waals surface area contributed by atoms with Crippen molar-refractivity contribution in [3.8, 4) is 0 Å². The van der Waals surface area contributed by atoms with Crippen LogP contribution in [0.4, 0.5) is 0 Å². The number of nitrogens with two attached hydrogens (primary N) is 1. The van der Waals surface area contributed by atoms with E-state index in [1.165, 1.54) is 0 Å². The second kappa shape index (κ2) is 5.53. The molecule has 7 heteroatoms. The Morgan fingerprint density at radius 1 is 1.50 bits per heavy atom. The van der Waals surface area contributed by atoms with Gasteiger partial charge in [0.05, 0.1) is 6.54 Å². The molecule has 1 rings (SSSR count). The zero-order valence-electron chi connectivity index (χ0n) is 8.96. The zero-order chi connectivity index (χ0) is 12.1. The Hall–Kier alpha value is -1.53. The fourth-order valence-corrected chi connectivity index (χ4v) is 1.55. The number of nitrogens with zero attached hydrogens (tertiary/aromatic N) is 3. The summed E-state index contributed by atoms with van der Waals surface area (Å²) < 4.78 is 0. The zero-order valence-corrected chi connectivity index (χ0v) is 8.96. The minimum Gasteiger partial charge on any atom is -0.423 e. The Bertz CT molecular complexity index is 430. The number of hydrogen-bond donors (Lipinski definition) is 3. The van der Waals surface area contributed by atoms with Crippen molar-refractivity contribution in [1.29, 1.82) is 0 Å². The van der Waals surface area contributed by atoms with Gasteiger partial charge in [0.1, 0.15) is 0 Å². The molecule has 0 bridgehead atoms. The van der Waals surface area contributed by atoms with Crippen molar-refractivity contribution >= 4 is 12.6 Å². The Kier molecular flexibility index (Phi) is 4.33. The van der Waals surface area contributed by atoms with Crippen LogP contribution in [0.5, 0.6) is 0 Å². The Balaban J connectivity index is 3.22. The predicted molar refractivity (Wildman–Crippen MR) is 61.7 cm³/mol.